The van der Waals surface area contributed by atoms with Crippen molar-refractivity contribution in [1.82, 2.24) is 4.98 Å². The summed E-state index contributed by atoms with van der Waals surface area (Å²) in [6.45, 7) is 2.33. The predicted octanol–water partition coefficient (Wildman–Crippen LogP) is 5.33. The molecule has 0 aliphatic rings. The van der Waals surface area contributed by atoms with Crippen molar-refractivity contribution in [2.75, 3.05) is 0 Å². The first-order valence-electron chi connectivity index (χ1n) is 9.63. The van der Waals surface area contributed by atoms with E-state index in [4.69, 9.17) is 9.47 Å². The number of benzene rings is 3. The van der Waals surface area contributed by atoms with E-state index in [0.717, 1.165) is 27.9 Å². The average molecular weight is 399 g/mol. The quantitative estimate of drug-likeness (QED) is 0.455. The highest BCUT2D eigenvalue weighted by atomic mass is 16.5. The molecule has 1 atom stereocenters. The molecule has 150 valence electrons. The van der Waals surface area contributed by atoms with Crippen LogP contribution in [0, 0.1) is 6.92 Å². The number of para-hydroxylation sites is 1. The van der Waals surface area contributed by atoms with E-state index in [-0.39, 0.29) is 0 Å². The molecule has 30 heavy (non-hydrogen) atoms. The van der Waals surface area contributed by atoms with Gasteiger partial charge in [-0.2, -0.15) is 0 Å². The van der Waals surface area contributed by atoms with Gasteiger partial charge >= 0.3 is 5.97 Å². The van der Waals surface area contributed by atoms with Crippen LogP contribution < -0.4 is 9.47 Å². The Morgan fingerprint density at radius 2 is 1.67 bits per heavy atom. The summed E-state index contributed by atoms with van der Waals surface area (Å²) in [5.74, 6) is 0.238. The highest BCUT2D eigenvalue weighted by molar-refractivity contribution is 5.85. The van der Waals surface area contributed by atoms with Gasteiger partial charge in [-0.25, -0.2) is 4.79 Å². The maximum Gasteiger partial charge on any atom is 0.349 e. The summed E-state index contributed by atoms with van der Waals surface area (Å²) in [6, 6.07) is 26.0. The zero-order valence-corrected chi connectivity index (χ0v) is 16.5. The van der Waals surface area contributed by atoms with Crippen molar-refractivity contribution in [3.8, 4) is 11.5 Å². The molecule has 1 N–H and O–H groups in total. The Morgan fingerprint density at radius 1 is 0.967 bits per heavy atom. The number of hydrogen-bond acceptors (Lipinski definition) is 4. The van der Waals surface area contributed by atoms with Crippen molar-refractivity contribution >= 4 is 16.9 Å². The molecule has 0 aliphatic heterocycles. The molecule has 1 unspecified atom stereocenters. The minimum atomic E-state index is -1.06. The van der Waals surface area contributed by atoms with Crippen LogP contribution in [0.15, 0.2) is 84.9 Å². The number of rotatable bonds is 7. The Hall–Kier alpha value is -3.86. The fraction of sp³-hybridized carbons (Fsp3) is 0.120. The van der Waals surface area contributed by atoms with Gasteiger partial charge in [-0.05, 0) is 36.8 Å². The minimum Gasteiger partial charge on any atom is -0.488 e. The number of ether oxygens (including phenoxy) is 2. The smallest absolute Gasteiger partial charge is 0.349 e. The van der Waals surface area contributed by atoms with Gasteiger partial charge in [-0.1, -0.05) is 54.6 Å². The molecule has 5 nitrogen and oxygen atoms in total. The first-order chi connectivity index (χ1) is 14.6. The fourth-order valence-corrected chi connectivity index (χ4v) is 3.24. The van der Waals surface area contributed by atoms with E-state index < -0.39 is 12.1 Å². The predicted molar refractivity (Wildman–Crippen MR) is 115 cm³/mol. The summed E-state index contributed by atoms with van der Waals surface area (Å²) in [5.41, 5.74) is 3.34. The number of pyridine rings is 1. The van der Waals surface area contributed by atoms with E-state index in [9.17, 15) is 9.90 Å². The lowest BCUT2D eigenvalue weighted by atomic mass is 10.1. The first kappa shape index (κ1) is 19.5. The topological polar surface area (TPSA) is 68.7 Å². The van der Waals surface area contributed by atoms with Gasteiger partial charge in [0, 0.05) is 22.7 Å². The second kappa shape index (κ2) is 8.66. The third-order valence-electron chi connectivity index (χ3n) is 4.70. The SMILES string of the molecule is Cc1cc(OCc2ccc(OC(C(=O)O)c3ccccc3)cc2)c2ccccc2n1. The van der Waals surface area contributed by atoms with Gasteiger partial charge in [0.25, 0.3) is 0 Å². The molecule has 1 heterocycles. The van der Waals surface area contributed by atoms with Crippen LogP contribution in [-0.4, -0.2) is 16.1 Å². The van der Waals surface area contributed by atoms with Gasteiger partial charge in [-0.3, -0.25) is 4.98 Å². The van der Waals surface area contributed by atoms with Gasteiger partial charge in [0.15, 0.2) is 0 Å². The van der Waals surface area contributed by atoms with E-state index >= 15 is 0 Å². The van der Waals surface area contributed by atoms with Crippen LogP contribution in [0.3, 0.4) is 0 Å². The van der Waals surface area contributed by atoms with Gasteiger partial charge in [0.1, 0.15) is 18.1 Å². The summed E-state index contributed by atoms with van der Waals surface area (Å²) in [6.07, 6.45) is -1.06. The number of hydrogen-bond donors (Lipinski definition) is 1. The molecule has 0 saturated heterocycles. The highest BCUT2D eigenvalue weighted by Gasteiger charge is 2.21. The van der Waals surface area contributed by atoms with Crippen molar-refractivity contribution in [3.05, 3.63) is 102 Å². The largest absolute Gasteiger partial charge is 0.488 e. The molecular formula is C25H21NO4. The standard InChI is InChI=1S/C25H21NO4/c1-17-15-23(21-9-5-6-10-22(21)26-17)29-16-18-11-13-20(14-12-18)30-24(25(27)28)19-7-3-2-4-8-19/h2-15,24H,16H2,1H3,(H,27,28). The van der Waals surface area contributed by atoms with Crippen molar-refractivity contribution < 1.29 is 19.4 Å². The van der Waals surface area contributed by atoms with Crippen LogP contribution in [-0.2, 0) is 11.4 Å². The Kier molecular flexibility index (Phi) is 5.61. The van der Waals surface area contributed by atoms with Crippen molar-refractivity contribution in [3.63, 3.8) is 0 Å². The first-order valence-corrected chi connectivity index (χ1v) is 9.63. The third-order valence-corrected chi connectivity index (χ3v) is 4.70. The van der Waals surface area contributed by atoms with Crippen LogP contribution in [0.2, 0.25) is 0 Å². The zero-order chi connectivity index (χ0) is 20.9. The summed E-state index contributed by atoms with van der Waals surface area (Å²) < 4.78 is 11.7. The number of aliphatic carboxylic acids is 1. The lowest BCUT2D eigenvalue weighted by Crippen LogP contribution is -2.18. The Labute approximate surface area is 174 Å². The average Bonchev–Trinajstić information content (AvgIpc) is 2.77. The highest BCUT2D eigenvalue weighted by Crippen LogP contribution is 2.27. The van der Waals surface area contributed by atoms with Gasteiger partial charge in [-0.15, -0.1) is 0 Å². The van der Waals surface area contributed by atoms with E-state index in [0.29, 0.717) is 17.9 Å². The number of nitrogens with zero attached hydrogens (tertiary/aromatic N) is 1. The van der Waals surface area contributed by atoms with Crippen LogP contribution in [0.5, 0.6) is 11.5 Å². The maximum absolute atomic E-state index is 11.6. The molecular weight excluding hydrogens is 378 g/mol. The molecule has 0 aliphatic carbocycles. The summed E-state index contributed by atoms with van der Waals surface area (Å²) >= 11 is 0. The van der Waals surface area contributed by atoms with Crippen molar-refractivity contribution in [2.45, 2.75) is 19.6 Å². The Balaban J connectivity index is 1.46. The normalized spacial score (nSPS) is 11.8. The van der Waals surface area contributed by atoms with Crippen LogP contribution >= 0.6 is 0 Å². The number of carboxylic acids is 1. The molecule has 5 heteroatoms. The molecule has 0 spiro atoms. The summed E-state index contributed by atoms with van der Waals surface area (Å²) in [7, 11) is 0. The number of carboxylic acid groups (broad SMARTS) is 1. The van der Waals surface area contributed by atoms with E-state index in [2.05, 4.69) is 4.98 Å². The van der Waals surface area contributed by atoms with Crippen LogP contribution in [0.1, 0.15) is 22.9 Å². The third kappa shape index (κ3) is 4.41. The maximum atomic E-state index is 11.6. The second-order valence-electron chi connectivity index (χ2n) is 6.96. The number of carbonyl (C=O) groups is 1. The number of aryl methyl sites for hydroxylation is 1. The van der Waals surface area contributed by atoms with Crippen LogP contribution in [0.25, 0.3) is 10.9 Å². The zero-order valence-electron chi connectivity index (χ0n) is 16.5. The summed E-state index contributed by atoms with van der Waals surface area (Å²) in [4.78, 5) is 16.1. The fourth-order valence-electron chi connectivity index (χ4n) is 3.24. The molecule has 3 aromatic carbocycles. The minimum absolute atomic E-state index is 0.384. The van der Waals surface area contributed by atoms with E-state index in [1.807, 2.05) is 55.5 Å². The molecule has 4 rings (SSSR count). The van der Waals surface area contributed by atoms with E-state index in [1.165, 1.54) is 0 Å². The van der Waals surface area contributed by atoms with Gasteiger partial charge < -0.3 is 14.6 Å². The van der Waals surface area contributed by atoms with Gasteiger partial charge in [0.05, 0.1) is 5.52 Å². The van der Waals surface area contributed by atoms with E-state index in [1.54, 1.807) is 36.4 Å². The second-order valence-corrected chi connectivity index (χ2v) is 6.96. The van der Waals surface area contributed by atoms with Gasteiger partial charge in [0.2, 0.25) is 6.10 Å². The number of fused-ring (bicyclic) bond motifs is 1. The number of aromatic nitrogens is 1. The molecule has 0 bridgehead atoms. The molecule has 4 aromatic rings. The molecule has 1 aromatic heterocycles. The monoisotopic (exact) mass is 399 g/mol. The lowest BCUT2D eigenvalue weighted by Gasteiger charge is -2.16. The van der Waals surface area contributed by atoms with Crippen LogP contribution in [0.4, 0.5) is 0 Å². The molecule has 0 fully saturated rings. The molecule has 0 radical (unpaired) electrons. The molecule has 0 saturated carbocycles. The van der Waals surface area contributed by atoms with Crippen molar-refractivity contribution in [1.29, 1.82) is 0 Å². The van der Waals surface area contributed by atoms with Crippen molar-refractivity contribution in [2.24, 2.45) is 0 Å². The molecule has 0 amide bonds. The Bertz CT molecular complexity index is 1160. The Morgan fingerprint density at radius 3 is 2.40 bits per heavy atom. The summed E-state index contributed by atoms with van der Waals surface area (Å²) in [5, 5.41) is 10.5. The lowest BCUT2D eigenvalue weighted by molar-refractivity contribution is -0.145.